The maximum absolute atomic E-state index is 12.8. The molecular formula is C24H28N2O6. The quantitative estimate of drug-likeness (QED) is 0.577. The van der Waals surface area contributed by atoms with E-state index in [0.717, 1.165) is 18.4 Å². The lowest BCUT2D eigenvalue weighted by molar-refractivity contribution is -0.119. The van der Waals surface area contributed by atoms with E-state index in [1.165, 1.54) is 26.4 Å². The zero-order valence-corrected chi connectivity index (χ0v) is 18.7. The van der Waals surface area contributed by atoms with Gasteiger partial charge in [0.2, 0.25) is 5.91 Å². The second-order valence-corrected chi connectivity index (χ2v) is 7.70. The molecule has 32 heavy (non-hydrogen) atoms. The van der Waals surface area contributed by atoms with E-state index in [0.29, 0.717) is 23.1 Å². The van der Waals surface area contributed by atoms with Gasteiger partial charge in [-0.3, -0.25) is 9.59 Å². The molecule has 1 aliphatic carbocycles. The van der Waals surface area contributed by atoms with E-state index in [4.69, 9.17) is 14.2 Å². The second kappa shape index (κ2) is 10.2. The molecule has 0 spiro atoms. The summed E-state index contributed by atoms with van der Waals surface area (Å²) in [5, 5.41) is 5.53. The number of carbonyl (C=O) groups is 3. The second-order valence-electron chi connectivity index (χ2n) is 7.70. The number of carbonyl (C=O) groups excluding carboxylic acids is 3. The van der Waals surface area contributed by atoms with Gasteiger partial charge in [-0.15, -0.1) is 0 Å². The number of benzene rings is 2. The van der Waals surface area contributed by atoms with Gasteiger partial charge in [-0.1, -0.05) is 32.0 Å². The van der Waals surface area contributed by atoms with E-state index in [1.54, 1.807) is 6.07 Å². The molecule has 2 aromatic rings. The van der Waals surface area contributed by atoms with Gasteiger partial charge in [0.1, 0.15) is 0 Å². The first-order valence-electron chi connectivity index (χ1n) is 10.5. The summed E-state index contributed by atoms with van der Waals surface area (Å²) in [4.78, 5) is 37.6. The van der Waals surface area contributed by atoms with Crippen LogP contribution in [0.2, 0.25) is 0 Å². The van der Waals surface area contributed by atoms with Crippen LogP contribution in [0.3, 0.4) is 0 Å². The molecule has 2 atom stereocenters. The topological polar surface area (TPSA) is 103 Å². The third kappa shape index (κ3) is 5.38. The van der Waals surface area contributed by atoms with Crippen molar-refractivity contribution in [2.45, 2.75) is 26.7 Å². The van der Waals surface area contributed by atoms with Crippen molar-refractivity contribution in [3.63, 3.8) is 0 Å². The predicted octanol–water partition coefficient (Wildman–Crippen LogP) is 3.66. The Morgan fingerprint density at radius 1 is 1.00 bits per heavy atom. The van der Waals surface area contributed by atoms with Crippen LogP contribution in [0.25, 0.3) is 0 Å². The van der Waals surface area contributed by atoms with E-state index >= 15 is 0 Å². The molecule has 8 nitrogen and oxygen atoms in total. The van der Waals surface area contributed by atoms with Crippen molar-refractivity contribution in [1.82, 2.24) is 0 Å². The summed E-state index contributed by atoms with van der Waals surface area (Å²) in [5.41, 5.74) is 1.97. The van der Waals surface area contributed by atoms with E-state index in [1.807, 2.05) is 32.0 Å². The summed E-state index contributed by atoms with van der Waals surface area (Å²) in [5.74, 6) is -0.513. The Morgan fingerprint density at radius 2 is 1.66 bits per heavy atom. The van der Waals surface area contributed by atoms with Crippen molar-refractivity contribution >= 4 is 29.2 Å². The minimum absolute atomic E-state index is 0.0751. The summed E-state index contributed by atoms with van der Waals surface area (Å²) < 4.78 is 15.8. The molecule has 0 saturated heterocycles. The fourth-order valence-corrected chi connectivity index (χ4v) is 3.41. The number of hydrogen-bond donors (Lipinski definition) is 2. The van der Waals surface area contributed by atoms with Crippen LogP contribution in [-0.2, 0) is 20.7 Å². The molecule has 2 amide bonds. The fraction of sp³-hybridized carbons (Fsp3) is 0.375. The van der Waals surface area contributed by atoms with Gasteiger partial charge in [-0.05, 0) is 30.4 Å². The predicted molar refractivity (Wildman–Crippen MR) is 120 cm³/mol. The molecule has 0 aromatic heterocycles. The van der Waals surface area contributed by atoms with Crippen LogP contribution in [0.1, 0.15) is 36.2 Å². The molecule has 2 unspecified atom stereocenters. The molecule has 0 heterocycles. The molecule has 0 aliphatic heterocycles. The molecule has 2 aromatic carbocycles. The smallest absolute Gasteiger partial charge is 0.340 e. The van der Waals surface area contributed by atoms with Gasteiger partial charge in [0.25, 0.3) is 5.91 Å². The van der Waals surface area contributed by atoms with Crippen LogP contribution in [0, 0.1) is 11.8 Å². The number of hydrogen-bond acceptors (Lipinski definition) is 6. The maximum Gasteiger partial charge on any atom is 0.340 e. The summed E-state index contributed by atoms with van der Waals surface area (Å²) in [6.07, 6.45) is 1.56. The van der Waals surface area contributed by atoms with E-state index < -0.39 is 18.5 Å². The number of nitrogens with one attached hydrogen (secondary N) is 2. The molecule has 1 fully saturated rings. The van der Waals surface area contributed by atoms with E-state index in [2.05, 4.69) is 10.6 Å². The largest absolute Gasteiger partial charge is 0.493 e. The van der Waals surface area contributed by atoms with Crippen LogP contribution in [-0.4, -0.2) is 38.6 Å². The van der Waals surface area contributed by atoms with E-state index in [-0.39, 0.29) is 23.1 Å². The highest BCUT2D eigenvalue weighted by atomic mass is 16.5. The minimum Gasteiger partial charge on any atom is -0.493 e. The van der Waals surface area contributed by atoms with Crippen molar-refractivity contribution in [1.29, 1.82) is 0 Å². The van der Waals surface area contributed by atoms with Gasteiger partial charge in [0.05, 0.1) is 25.5 Å². The monoisotopic (exact) mass is 440 g/mol. The summed E-state index contributed by atoms with van der Waals surface area (Å²) in [6, 6.07) is 10.4. The average Bonchev–Trinajstić information content (AvgIpc) is 3.54. The van der Waals surface area contributed by atoms with Gasteiger partial charge in [-0.25, -0.2) is 4.79 Å². The van der Waals surface area contributed by atoms with Crippen molar-refractivity contribution in [2.24, 2.45) is 11.8 Å². The molecule has 1 aliphatic rings. The van der Waals surface area contributed by atoms with Crippen molar-refractivity contribution < 1.29 is 28.6 Å². The van der Waals surface area contributed by atoms with Crippen molar-refractivity contribution in [2.75, 3.05) is 31.5 Å². The van der Waals surface area contributed by atoms with Crippen molar-refractivity contribution in [3.8, 4) is 11.5 Å². The van der Waals surface area contributed by atoms with Crippen LogP contribution in [0.4, 0.5) is 11.4 Å². The Morgan fingerprint density at radius 3 is 2.28 bits per heavy atom. The number of esters is 1. The highest BCUT2D eigenvalue weighted by molar-refractivity contribution is 6.04. The standard InChI is InChI=1S/C24H28N2O6/c1-5-15-8-6-7-9-18(15)25-22(27)13-32-24(29)17-11-20(30-3)21(31-4)12-19(17)26-23(28)16-10-14(16)2/h6-9,11-12,14,16H,5,10,13H2,1-4H3,(H,25,27)(H,26,28). The third-order valence-corrected chi connectivity index (χ3v) is 5.45. The Bertz CT molecular complexity index is 1020. The van der Waals surface area contributed by atoms with Crippen molar-refractivity contribution in [3.05, 3.63) is 47.5 Å². The van der Waals surface area contributed by atoms with Gasteiger partial charge < -0.3 is 24.8 Å². The van der Waals surface area contributed by atoms with Gasteiger partial charge >= 0.3 is 5.97 Å². The van der Waals surface area contributed by atoms with Crippen LogP contribution >= 0.6 is 0 Å². The highest BCUT2D eigenvalue weighted by Crippen LogP contribution is 2.40. The summed E-state index contributed by atoms with van der Waals surface area (Å²) >= 11 is 0. The molecule has 3 rings (SSSR count). The SMILES string of the molecule is CCc1ccccc1NC(=O)COC(=O)c1cc(OC)c(OC)cc1NC(=O)C1CC1C. The number of anilines is 2. The van der Waals surface area contributed by atoms with Crippen LogP contribution < -0.4 is 20.1 Å². The molecular weight excluding hydrogens is 412 g/mol. The van der Waals surface area contributed by atoms with E-state index in [9.17, 15) is 14.4 Å². The molecule has 1 saturated carbocycles. The number of ether oxygens (including phenoxy) is 3. The van der Waals surface area contributed by atoms with Crippen LogP contribution in [0.15, 0.2) is 36.4 Å². The lowest BCUT2D eigenvalue weighted by Crippen LogP contribution is -2.23. The maximum atomic E-state index is 12.8. The van der Waals surface area contributed by atoms with Gasteiger partial charge in [0, 0.05) is 23.7 Å². The zero-order chi connectivity index (χ0) is 23.3. The number of methoxy groups -OCH3 is 2. The number of rotatable bonds is 9. The first-order valence-corrected chi connectivity index (χ1v) is 10.5. The van der Waals surface area contributed by atoms with Crippen LogP contribution in [0.5, 0.6) is 11.5 Å². The van der Waals surface area contributed by atoms with Gasteiger partial charge in [-0.2, -0.15) is 0 Å². The average molecular weight is 440 g/mol. The Kier molecular flexibility index (Phi) is 7.35. The summed E-state index contributed by atoms with van der Waals surface area (Å²) in [6.45, 7) is 3.50. The number of amides is 2. The Hall–Kier alpha value is -3.55. The first kappa shape index (κ1) is 23.1. The lowest BCUT2D eigenvalue weighted by atomic mass is 10.1. The summed E-state index contributed by atoms with van der Waals surface area (Å²) in [7, 11) is 2.90. The minimum atomic E-state index is -0.760. The normalized spacial score (nSPS) is 16.6. The fourth-order valence-electron chi connectivity index (χ4n) is 3.41. The molecule has 0 radical (unpaired) electrons. The first-order chi connectivity index (χ1) is 15.4. The molecule has 2 N–H and O–H groups in total. The highest BCUT2D eigenvalue weighted by Gasteiger charge is 2.39. The Balaban J connectivity index is 1.73. The third-order valence-electron chi connectivity index (χ3n) is 5.45. The zero-order valence-electron chi connectivity index (χ0n) is 18.7. The Labute approximate surface area is 187 Å². The molecule has 170 valence electrons. The molecule has 0 bridgehead atoms. The number of aryl methyl sites for hydroxylation is 1. The molecule has 8 heteroatoms. The van der Waals surface area contributed by atoms with Gasteiger partial charge in [0.15, 0.2) is 18.1 Å². The lowest BCUT2D eigenvalue weighted by Gasteiger charge is -2.15. The number of para-hydroxylation sites is 1.